The largest absolute Gasteiger partial charge is 0.488 e. The highest BCUT2D eigenvalue weighted by Gasteiger charge is 2.09. The molecule has 5 nitrogen and oxygen atoms in total. The van der Waals surface area contributed by atoms with Gasteiger partial charge in [0.2, 0.25) is 0 Å². The molecule has 0 saturated carbocycles. The molecule has 0 bridgehead atoms. The number of nitrogens with two attached hydrogens (primary N) is 1. The Morgan fingerprint density at radius 2 is 1.85 bits per heavy atom. The molecule has 0 aliphatic heterocycles. The highest BCUT2D eigenvalue weighted by molar-refractivity contribution is 6.58. The van der Waals surface area contributed by atoms with Gasteiger partial charge in [-0.1, -0.05) is 12.1 Å². The van der Waals surface area contributed by atoms with E-state index in [1.807, 2.05) is 0 Å². The maximum absolute atomic E-state index is 10.4. The summed E-state index contributed by atoms with van der Waals surface area (Å²) in [5.74, 6) is 0. The Hall–Kier alpha value is -1.53. The van der Waals surface area contributed by atoms with Crippen LogP contribution in [-0.4, -0.2) is 23.2 Å². The minimum Gasteiger partial charge on any atom is -0.423 e. The molecule has 0 fully saturated rings. The molecule has 6 heteroatoms. The van der Waals surface area contributed by atoms with Gasteiger partial charge >= 0.3 is 13.1 Å². The standard InChI is InChI=1S/C7H9BN2O3/c9-7(11)10-6-3-1-5(2-4-6)8(12)13/h1-4,12-13H,(H3,9,10,11). The lowest BCUT2D eigenvalue weighted by atomic mass is 9.80. The van der Waals surface area contributed by atoms with Gasteiger partial charge in [-0.15, -0.1) is 0 Å². The summed E-state index contributed by atoms with van der Waals surface area (Å²) in [6.45, 7) is 0. The van der Waals surface area contributed by atoms with Crippen LogP contribution in [0.3, 0.4) is 0 Å². The van der Waals surface area contributed by atoms with Gasteiger partial charge in [-0.3, -0.25) is 0 Å². The summed E-state index contributed by atoms with van der Waals surface area (Å²) >= 11 is 0. The Bertz CT molecular complexity index is 299. The van der Waals surface area contributed by atoms with Gasteiger partial charge in [-0.25, -0.2) is 4.79 Å². The third kappa shape index (κ3) is 2.77. The Morgan fingerprint density at radius 1 is 1.31 bits per heavy atom. The number of hydrogen-bond acceptors (Lipinski definition) is 3. The Labute approximate surface area is 75.3 Å². The Kier molecular flexibility index (Phi) is 2.89. The summed E-state index contributed by atoms with van der Waals surface area (Å²) in [7, 11) is -1.50. The van der Waals surface area contributed by atoms with Gasteiger partial charge in [-0.05, 0) is 17.6 Å². The second kappa shape index (κ2) is 3.93. The van der Waals surface area contributed by atoms with Crippen LogP contribution in [-0.2, 0) is 0 Å². The van der Waals surface area contributed by atoms with Crippen molar-refractivity contribution in [3.63, 3.8) is 0 Å². The molecule has 0 aliphatic rings. The van der Waals surface area contributed by atoms with Gasteiger partial charge in [0.15, 0.2) is 0 Å². The average Bonchev–Trinajstić information content (AvgIpc) is 2.04. The van der Waals surface area contributed by atoms with Gasteiger partial charge in [0, 0.05) is 5.69 Å². The monoisotopic (exact) mass is 180 g/mol. The molecule has 5 N–H and O–H groups in total. The van der Waals surface area contributed by atoms with Crippen molar-refractivity contribution in [3.05, 3.63) is 24.3 Å². The number of primary amides is 1. The number of carbonyl (C=O) groups is 1. The van der Waals surface area contributed by atoms with Crippen LogP contribution >= 0.6 is 0 Å². The van der Waals surface area contributed by atoms with Crippen LogP contribution in [0.5, 0.6) is 0 Å². The van der Waals surface area contributed by atoms with Gasteiger partial charge in [0.05, 0.1) is 0 Å². The van der Waals surface area contributed by atoms with Crippen LogP contribution in [0.15, 0.2) is 24.3 Å². The molecule has 1 aromatic carbocycles. The van der Waals surface area contributed by atoms with Gasteiger partial charge < -0.3 is 21.1 Å². The first-order valence-corrected chi connectivity index (χ1v) is 3.62. The molecule has 0 atom stereocenters. The number of amides is 2. The van der Waals surface area contributed by atoms with Crippen molar-refractivity contribution in [1.29, 1.82) is 0 Å². The second-order valence-corrected chi connectivity index (χ2v) is 2.48. The maximum Gasteiger partial charge on any atom is 0.488 e. The lowest BCUT2D eigenvalue weighted by molar-refractivity contribution is 0.259. The summed E-state index contributed by atoms with van der Waals surface area (Å²) in [6.07, 6.45) is 0. The molecule has 0 heterocycles. The van der Waals surface area contributed by atoms with Crippen molar-refractivity contribution >= 4 is 24.3 Å². The molecule has 2 amide bonds. The van der Waals surface area contributed by atoms with Crippen LogP contribution in [0.25, 0.3) is 0 Å². The molecule has 0 aromatic heterocycles. The number of nitrogens with one attached hydrogen (secondary N) is 1. The predicted molar refractivity (Wildman–Crippen MR) is 49.5 cm³/mol. The van der Waals surface area contributed by atoms with E-state index < -0.39 is 13.1 Å². The minimum atomic E-state index is -1.50. The zero-order chi connectivity index (χ0) is 9.84. The summed E-state index contributed by atoms with van der Waals surface area (Å²) in [5, 5.41) is 19.8. The molecule has 0 aliphatic carbocycles. The first-order valence-electron chi connectivity index (χ1n) is 3.62. The van der Waals surface area contributed by atoms with Crippen molar-refractivity contribution in [2.24, 2.45) is 5.73 Å². The van der Waals surface area contributed by atoms with E-state index in [4.69, 9.17) is 15.8 Å². The van der Waals surface area contributed by atoms with Crippen LogP contribution in [0, 0.1) is 0 Å². The van der Waals surface area contributed by atoms with Crippen molar-refractivity contribution in [2.75, 3.05) is 5.32 Å². The molecule has 0 saturated heterocycles. The third-order valence-corrected chi connectivity index (χ3v) is 1.48. The number of benzene rings is 1. The summed E-state index contributed by atoms with van der Waals surface area (Å²) in [6, 6.07) is 5.36. The van der Waals surface area contributed by atoms with Crippen molar-refractivity contribution in [2.45, 2.75) is 0 Å². The molecule has 0 radical (unpaired) electrons. The predicted octanol–water partition coefficient (Wildman–Crippen LogP) is -1.14. The molecule has 68 valence electrons. The highest BCUT2D eigenvalue weighted by atomic mass is 16.4. The topological polar surface area (TPSA) is 95.6 Å². The van der Waals surface area contributed by atoms with Crippen molar-refractivity contribution in [3.8, 4) is 0 Å². The number of rotatable bonds is 2. The lowest BCUT2D eigenvalue weighted by Gasteiger charge is -2.02. The highest BCUT2D eigenvalue weighted by Crippen LogP contribution is 2.02. The number of anilines is 1. The molecule has 1 aromatic rings. The van der Waals surface area contributed by atoms with E-state index in [9.17, 15) is 4.79 Å². The van der Waals surface area contributed by atoms with E-state index in [2.05, 4.69) is 5.32 Å². The zero-order valence-electron chi connectivity index (χ0n) is 6.77. The third-order valence-electron chi connectivity index (χ3n) is 1.48. The van der Waals surface area contributed by atoms with Crippen molar-refractivity contribution < 1.29 is 14.8 Å². The normalized spacial score (nSPS) is 9.38. The van der Waals surface area contributed by atoms with E-state index in [1.54, 1.807) is 0 Å². The summed E-state index contributed by atoms with van der Waals surface area (Å²) in [4.78, 5) is 10.4. The number of carbonyl (C=O) groups excluding carboxylic acids is 1. The molecule has 13 heavy (non-hydrogen) atoms. The van der Waals surface area contributed by atoms with Crippen LogP contribution in [0.1, 0.15) is 0 Å². The van der Waals surface area contributed by atoms with E-state index in [1.165, 1.54) is 24.3 Å². The quantitative estimate of drug-likeness (QED) is 0.433. The van der Waals surface area contributed by atoms with Crippen LogP contribution in [0.4, 0.5) is 10.5 Å². The molecular formula is C7H9BN2O3. The maximum atomic E-state index is 10.4. The van der Waals surface area contributed by atoms with Crippen LogP contribution < -0.4 is 16.5 Å². The first kappa shape index (κ1) is 9.56. The first-order chi connectivity index (χ1) is 6.09. The smallest absolute Gasteiger partial charge is 0.423 e. The summed E-state index contributed by atoms with van der Waals surface area (Å²) in [5.41, 5.74) is 5.74. The van der Waals surface area contributed by atoms with Crippen LogP contribution in [0.2, 0.25) is 0 Å². The average molecular weight is 180 g/mol. The molecule has 1 rings (SSSR count). The van der Waals surface area contributed by atoms with E-state index in [0.717, 1.165) is 0 Å². The molecule has 0 spiro atoms. The zero-order valence-corrected chi connectivity index (χ0v) is 6.77. The molecule has 0 unspecified atom stereocenters. The van der Waals surface area contributed by atoms with Gasteiger partial charge in [0.25, 0.3) is 0 Å². The molecular weight excluding hydrogens is 171 g/mol. The fourth-order valence-electron chi connectivity index (χ4n) is 0.881. The van der Waals surface area contributed by atoms with Gasteiger partial charge in [-0.2, -0.15) is 0 Å². The minimum absolute atomic E-state index is 0.357. The lowest BCUT2D eigenvalue weighted by Crippen LogP contribution is -2.29. The van der Waals surface area contributed by atoms with E-state index in [-0.39, 0.29) is 0 Å². The second-order valence-electron chi connectivity index (χ2n) is 2.48. The van der Waals surface area contributed by atoms with E-state index in [0.29, 0.717) is 11.2 Å². The van der Waals surface area contributed by atoms with Crippen molar-refractivity contribution in [1.82, 2.24) is 0 Å². The summed E-state index contributed by atoms with van der Waals surface area (Å²) < 4.78 is 0. The van der Waals surface area contributed by atoms with E-state index >= 15 is 0 Å². The number of hydrogen-bond donors (Lipinski definition) is 4. The Balaban J connectivity index is 2.75. The van der Waals surface area contributed by atoms with Gasteiger partial charge in [0.1, 0.15) is 0 Å². The fourth-order valence-corrected chi connectivity index (χ4v) is 0.881. The fraction of sp³-hybridized carbons (Fsp3) is 0. The SMILES string of the molecule is NC(=O)Nc1ccc(B(O)O)cc1. The Morgan fingerprint density at radius 3 is 2.23 bits per heavy atom. The number of urea groups is 1.